The van der Waals surface area contributed by atoms with Gasteiger partial charge in [0.25, 0.3) is 0 Å². The Morgan fingerprint density at radius 3 is 1.50 bits per heavy atom. The highest BCUT2D eigenvalue weighted by molar-refractivity contribution is 7.79. The van der Waals surface area contributed by atoms with Gasteiger partial charge in [-0.25, -0.2) is 4.57 Å². The molecule has 0 unspecified atom stereocenters. The van der Waals surface area contributed by atoms with Crippen LogP contribution in [0.5, 0.6) is 0 Å². The zero-order valence-electron chi connectivity index (χ0n) is 6.25. The molecule has 0 atom stereocenters. The third-order valence-corrected chi connectivity index (χ3v) is 0.519. The summed E-state index contributed by atoms with van der Waals surface area (Å²) in [7, 11) is -9.59. The molecule has 0 rings (SSSR count). The summed E-state index contributed by atoms with van der Waals surface area (Å²) in [5, 5.41) is 7.55. The maximum Gasteiger partial charge on any atom is 0.501 e. The van der Waals surface area contributed by atoms with Gasteiger partial charge >= 0.3 is 23.3 Å². The number of phosphoric acid groups is 1. The Morgan fingerprint density at radius 1 is 1.29 bits per heavy atom. The number of hydrogen-bond donors (Lipinski definition) is 5. The standard InChI is InChI=1S/H2NO6P.H3N.H2O4S/c2-1(3)7-8(4,5)6;;1-5(2,3)4/h(H2,4,5,6);1H3;(H2,1,2,3,4). The van der Waals surface area contributed by atoms with Gasteiger partial charge in [-0.2, -0.15) is 13.0 Å². The predicted molar refractivity (Wildman–Crippen MR) is 39.3 cm³/mol. The molecule has 0 heterocycles. The van der Waals surface area contributed by atoms with Gasteiger partial charge in [-0.1, -0.05) is 0 Å². The Kier molecular flexibility index (Phi) is 8.90. The van der Waals surface area contributed by atoms with E-state index in [9.17, 15) is 4.57 Å². The summed E-state index contributed by atoms with van der Waals surface area (Å²) in [5.41, 5.74) is 0. The Bertz CT molecular complexity index is 288. The Balaban J connectivity index is -0.000000177. The summed E-state index contributed by atoms with van der Waals surface area (Å²) in [6.45, 7) is 0. The van der Waals surface area contributed by atoms with Crippen LogP contribution in [0.2, 0.25) is 0 Å². The molecule has 14 heavy (non-hydrogen) atoms. The average Bonchev–Trinajstić information content (AvgIpc) is 1.47. The molecule has 0 aromatic rings. The molecule has 0 bridgehead atoms. The van der Waals surface area contributed by atoms with Crippen molar-refractivity contribution in [1.29, 1.82) is 0 Å². The second-order valence-corrected chi connectivity index (χ2v) is 3.28. The van der Waals surface area contributed by atoms with Crippen LogP contribution in [-0.2, 0) is 19.6 Å². The quantitative estimate of drug-likeness (QED) is 0.171. The molecule has 14 heteroatoms. The smallest absolute Gasteiger partial charge is 0.344 e. The predicted octanol–water partition coefficient (Wildman–Crippen LogP) is -1.20. The van der Waals surface area contributed by atoms with Gasteiger partial charge in [0.05, 0.1) is 0 Å². The van der Waals surface area contributed by atoms with Crippen LogP contribution in [0, 0.1) is 10.1 Å². The third-order valence-electron chi connectivity index (χ3n) is 0.173. The van der Waals surface area contributed by atoms with E-state index in [1.54, 1.807) is 0 Å². The fourth-order valence-electron chi connectivity index (χ4n) is 0.0868. The van der Waals surface area contributed by atoms with Gasteiger partial charge in [0.15, 0.2) is 0 Å². The molecular formula is H7N2O10PS. The number of rotatable bonds is 2. The zero-order chi connectivity index (χ0) is 11.3. The van der Waals surface area contributed by atoms with E-state index in [2.05, 4.69) is 4.62 Å². The molecule has 7 N–H and O–H groups in total. The summed E-state index contributed by atoms with van der Waals surface area (Å²) < 4.78 is 43.9. The monoisotopic (exact) mass is 258 g/mol. The van der Waals surface area contributed by atoms with E-state index in [-0.39, 0.29) is 6.15 Å². The molecule has 0 aliphatic rings. The second-order valence-electron chi connectivity index (χ2n) is 1.24. The minimum absolute atomic E-state index is 0. The van der Waals surface area contributed by atoms with E-state index < -0.39 is 23.3 Å². The molecule has 0 saturated carbocycles. The minimum Gasteiger partial charge on any atom is -0.344 e. The van der Waals surface area contributed by atoms with Crippen LogP contribution in [0.1, 0.15) is 0 Å². The average molecular weight is 258 g/mol. The van der Waals surface area contributed by atoms with Crippen LogP contribution in [0.25, 0.3) is 0 Å². The van der Waals surface area contributed by atoms with Crippen LogP contribution >= 0.6 is 7.82 Å². The van der Waals surface area contributed by atoms with Gasteiger partial charge in [-0.15, -0.1) is 10.1 Å². The first kappa shape index (κ1) is 18.9. The topological polar surface area (TPSA) is 219 Å². The lowest BCUT2D eigenvalue weighted by molar-refractivity contribution is -0.718. The summed E-state index contributed by atoms with van der Waals surface area (Å²) in [6.07, 6.45) is 0. The summed E-state index contributed by atoms with van der Waals surface area (Å²) in [6, 6.07) is 0. The van der Waals surface area contributed by atoms with Crippen molar-refractivity contribution < 1.29 is 41.6 Å². The molecule has 0 aliphatic carbocycles. The van der Waals surface area contributed by atoms with Crippen molar-refractivity contribution in [3.05, 3.63) is 10.1 Å². The van der Waals surface area contributed by atoms with Crippen molar-refractivity contribution in [3.63, 3.8) is 0 Å². The van der Waals surface area contributed by atoms with Crippen molar-refractivity contribution in [3.8, 4) is 0 Å². The maximum absolute atomic E-state index is 9.47. The van der Waals surface area contributed by atoms with Gasteiger partial charge < -0.3 is 15.9 Å². The van der Waals surface area contributed by atoms with E-state index >= 15 is 0 Å². The van der Waals surface area contributed by atoms with E-state index in [0.717, 1.165) is 0 Å². The maximum atomic E-state index is 9.47. The van der Waals surface area contributed by atoms with Crippen molar-refractivity contribution in [2.45, 2.75) is 0 Å². The molecule has 12 nitrogen and oxygen atoms in total. The van der Waals surface area contributed by atoms with Crippen molar-refractivity contribution in [2.75, 3.05) is 0 Å². The first-order chi connectivity index (χ1) is 5.42. The van der Waals surface area contributed by atoms with Gasteiger partial charge in [0.1, 0.15) is 0 Å². The van der Waals surface area contributed by atoms with Crippen molar-refractivity contribution in [2.24, 2.45) is 0 Å². The SMILES string of the molecule is N.O=S(=O)(O)O.O=[N+]([O-])OP(=O)(O)O. The lowest BCUT2D eigenvalue weighted by Gasteiger charge is -1.95. The van der Waals surface area contributed by atoms with Crippen LogP contribution < -0.4 is 6.15 Å². The van der Waals surface area contributed by atoms with E-state index in [0.29, 0.717) is 0 Å². The molecule has 0 aromatic heterocycles. The molecule has 0 aliphatic heterocycles. The first-order valence-corrected chi connectivity index (χ1v) is 4.94. The van der Waals surface area contributed by atoms with Gasteiger partial charge in [0.2, 0.25) is 0 Å². The number of nitrogens with zero attached hydrogens (tertiary/aromatic N) is 1. The van der Waals surface area contributed by atoms with Crippen LogP contribution in [0.3, 0.4) is 0 Å². The highest BCUT2D eigenvalue weighted by Crippen LogP contribution is 2.35. The summed E-state index contributed by atoms with van der Waals surface area (Å²) in [5.74, 6) is 0. The van der Waals surface area contributed by atoms with E-state index in [4.69, 9.17) is 37.4 Å². The molecule has 88 valence electrons. The van der Waals surface area contributed by atoms with Gasteiger partial charge in [-0.05, 0) is 0 Å². The second kappa shape index (κ2) is 6.61. The molecule has 0 saturated heterocycles. The summed E-state index contributed by atoms with van der Waals surface area (Å²) in [4.78, 5) is 24.4. The molecule has 0 fully saturated rings. The van der Waals surface area contributed by atoms with E-state index in [1.807, 2.05) is 0 Å². The summed E-state index contributed by atoms with van der Waals surface area (Å²) >= 11 is 0. The first-order valence-electron chi connectivity index (χ1n) is 2.01. The lowest BCUT2D eigenvalue weighted by atomic mass is 13.1. The third kappa shape index (κ3) is 66.3. The lowest BCUT2D eigenvalue weighted by Crippen LogP contribution is -1.96. The van der Waals surface area contributed by atoms with Crippen molar-refractivity contribution >= 4 is 18.2 Å². The highest BCUT2D eigenvalue weighted by Gasteiger charge is 2.17. The number of hydrogen-bond acceptors (Lipinski definition) is 7. The van der Waals surface area contributed by atoms with Crippen LogP contribution in [0.15, 0.2) is 0 Å². The molecule has 0 amide bonds. The van der Waals surface area contributed by atoms with E-state index in [1.165, 1.54) is 0 Å². The van der Waals surface area contributed by atoms with Gasteiger partial charge in [-0.3, -0.25) is 9.11 Å². The Morgan fingerprint density at radius 2 is 1.50 bits per heavy atom. The molecular weight excluding hydrogens is 251 g/mol. The van der Waals surface area contributed by atoms with Gasteiger partial charge in [0, 0.05) is 0 Å². The molecule has 0 radical (unpaired) electrons. The minimum atomic E-state index is -4.92. The Hall–Kier alpha value is -0.820. The fourth-order valence-corrected chi connectivity index (χ4v) is 0.261. The fraction of sp³-hybridized carbons (Fsp3) is 0. The van der Waals surface area contributed by atoms with Crippen LogP contribution in [0.4, 0.5) is 0 Å². The van der Waals surface area contributed by atoms with Crippen LogP contribution in [-0.4, -0.2) is 32.4 Å². The Labute approximate surface area is 77.0 Å². The largest absolute Gasteiger partial charge is 0.501 e. The van der Waals surface area contributed by atoms with Crippen molar-refractivity contribution in [1.82, 2.24) is 6.15 Å². The highest BCUT2D eigenvalue weighted by atomic mass is 32.3. The normalized spacial score (nSPS) is 10.3. The zero-order valence-corrected chi connectivity index (χ0v) is 7.96. The molecule has 0 aromatic carbocycles. The molecule has 0 spiro atoms.